The van der Waals surface area contributed by atoms with Gasteiger partial charge in [-0.25, -0.2) is 0 Å². The smallest absolute Gasteiger partial charge is 0.160 e. The zero-order valence-electron chi connectivity index (χ0n) is 35.6. The van der Waals surface area contributed by atoms with Crippen molar-refractivity contribution in [2.45, 2.75) is 0 Å². The van der Waals surface area contributed by atoms with E-state index in [9.17, 15) is 0 Å². The molecule has 0 aliphatic rings. The first-order chi connectivity index (χ1) is 32.2. The van der Waals surface area contributed by atoms with Gasteiger partial charge in [0, 0.05) is 39.2 Å². The first-order valence-corrected chi connectivity index (χ1v) is 22.2. The van der Waals surface area contributed by atoms with Crippen molar-refractivity contribution in [3.8, 4) is 33.4 Å². The highest BCUT2D eigenvalue weighted by Crippen LogP contribution is 2.47. The van der Waals surface area contributed by atoms with Gasteiger partial charge in [0.2, 0.25) is 0 Å². The first-order valence-electron chi connectivity index (χ1n) is 22.2. The number of para-hydroxylation sites is 1. The Bertz CT molecular complexity index is 3520. The van der Waals surface area contributed by atoms with Crippen LogP contribution in [0.1, 0.15) is 0 Å². The summed E-state index contributed by atoms with van der Waals surface area (Å²) in [6.07, 6.45) is 0. The molecule has 12 aromatic rings. The molecule has 0 unspecified atom stereocenters. The summed E-state index contributed by atoms with van der Waals surface area (Å²) < 4.78 is 6.92. The number of furan rings is 1. The number of fused-ring (bicyclic) bond motifs is 7. The van der Waals surface area contributed by atoms with Crippen molar-refractivity contribution in [3.05, 3.63) is 255 Å². The summed E-state index contributed by atoms with van der Waals surface area (Å²) in [5.41, 5.74) is 15.2. The summed E-state index contributed by atoms with van der Waals surface area (Å²) in [6.45, 7) is 0. The van der Waals surface area contributed by atoms with Crippen LogP contribution in [0.5, 0.6) is 0 Å². The van der Waals surface area contributed by atoms with E-state index in [0.29, 0.717) is 0 Å². The fraction of sp³-hybridized carbons (Fsp3) is 0. The normalized spacial score (nSPS) is 11.4. The number of nitrogens with zero attached hydrogens (tertiary/aromatic N) is 2. The van der Waals surface area contributed by atoms with E-state index >= 15 is 0 Å². The van der Waals surface area contributed by atoms with Crippen LogP contribution in [0.3, 0.4) is 0 Å². The molecular formula is C62H42N2O. The lowest BCUT2D eigenvalue weighted by molar-refractivity contribution is 0.669. The van der Waals surface area contributed by atoms with E-state index < -0.39 is 0 Å². The van der Waals surface area contributed by atoms with Gasteiger partial charge in [-0.15, -0.1) is 0 Å². The van der Waals surface area contributed by atoms with E-state index in [0.717, 1.165) is 72.6 Å². The van der Waals surface area contributed by atoms with Crippen molar-refractivity contribution in [2.24, 2.45) is 0 Å². The van der Waals surface area contributed by atoms with Crippen molar-refractivity contribution in [2.75, 3.05) is 9.80 Å². The molecule has 0 spiro atoms. The summed E-state index contributed by atoms with van der Waals surface area (Å²) in [6, 6.07) is 91.1. The summed E-state index contributed by atoms with van der Waals surface area (Å²) in [7, 11) is 0. The van der Waals surface area contributed by atoms with Crippen LogP contribution >= 0.6 is 0 Å². The van der Waals surface area contributed by atoms with E-state index in [1.807, 2.05) is 0 Å². The Hall–Kier alpha value is -8.66. The fourth-order valence-corrected chi connectivity index (χ4v) is 9.46. The number of benzene rings is 11. The van der Waals surface area contributed by atoms with E-state index in [-0.39, 0.29) is 0 Å². The molecule has 0 saturated carbocycles. The summed E-state index contributed by atoms with van der Waals surface area (Å²) >= 11 is 0. The Labute approximate surface area is 378 Å². The molecule has 0 fully saturated rings. The third-order valence-corrected chi connectivity index (χ3v) is 12.6. The van der Waals surface area contributed by atoms with Crippen LogP contribution in [-0.2, 0) is 0 Å². The van der Waals surface area contributed by atoms with Gasteiger partial charge in [0.05, 0.1) is 5.69 Å². The molecule has 11 aromatic carbocycles. The molecule has 1 heterocycles. The Balaban J connectivity index is 0.922. The van der Waals surface area contributed by atoms with Gasteiger partial charge in [0.1, 0.15) is 5.58 Å². The molecule has 3 nitrogen and oxygen atoms in total. The zero-order valence-corrected chi connectivity index (χ0v) is 35.6. The fourth-order valence-electron chi connectivity index (χ4n) is 9.46. The van der Waals surface area contributed by atoms with Crippen molar-refractivity contribution < 1.29 is 4.42 Å². The minimum Gasteiger partial charge on any atom is -0.454 e. The number of rotatable bonds is 9. The maximum atomic E-state index is 6.92. The van der Waals surface area contributed by atoms with E-state index in [1.165, 1.54) is 38.4 Å². The molecule has 0 aliphatic heterocycles. The average Bonchev–Trinajstić information content (AvgIpc) is 3.79. The van der Waals surface area contributed by atoms with Crippen molar-refractivity contribution in [1.29, 1.82) is 0 Å². The van der Waals surface area contributed by atoms with Crippen LogP contribution < -0.4 is 9.80 Å². The summed E-state index contributed by atoms with van der Waals surface area (Å²) in [4.78, 5) is 4.66. The maximum absolute atomic E-state index is 6.92. The van der Waals surface area contributed by atoms with Gasteiger partial charge in [0.15, 0.2) is 5.58 Å². The monoisotopic (exact) mass is 830 g/mol. The Kier molecular flexibility index (Phi) is 9.50. The standard InChI is InChI=1S/C62H42N2O/c1-4-14-43(15-5-1)45-24-33-52(34-25-45)63(53-35-26-46(27-36-53)44-16-6-2-7-17-44)54-37-28-47(29-38-54)48-30-39-55(40-31-48)64(51-20-8-3-9-21-51)58-42-50-19-11-13-23-57(50)61-60-56-22-12-10-18-49(56)32-41-59(60)65-62(58)61/h1-42H. The molecular weight excluding hydrogens is 789 g/mol. The Morgan fingerprint density at radius 2 is 0.631 bits per heavy atom. The lowest BCUT2D eigenvalue weighted by Crippen LogP contribution is -2.10. The predicted molar refractivity (Wildman–Crippen MR) is 274 cm³/mol. The second kappa shape index (κ2) is 16.2. The van der Waals surface area contributed by atoms with Gasteiger partial charge in [-0.2, -0.15) is 0 Å². The highest BCUT2D eigenvalue weighted by atomic mass is 16.3. The molecule has 0 radical (unpaired) electrons. The average molecular weight is 831 g/mol. The van der Waals surface area contributed by atoms with Gasteiger partial charge in [-0.05, 0) is 128 Å². The molecule has 0 amide bonds. The molecule has 0 aliphatic carbocycles. The zero-order chi connectivity index (χ0) is 43.1. The van der Waals surface area contributed by atoms with Gasteiger partial charge in [0.25, 0.3) is 0 Å². The molecule has 0 atom stereocenters. The molecule has 306 valence electrons. The highest BCUT2D eigenvalue weighted by Gasteiger charge is 2.23. The van der Waals surface area contributed by atoms with Crippen LogP contribution in [0.15, 0.2) is 259 Å². The van der Waals surface area contributed by atoms with Crippen LogP contribution in [0.4, 0.5) is 34.1 Å². The van der Waals surface area contributed by atoms with Gasteiger partial charge in [-0.1, -0.05) is 182 Å². The van der Waals surface area contributed by atoms with Crippen LogP contribution in [0.2, 0.25) is 0 Å². The first kappa shape index (κ1) is 38.0. The molecule has 65 heavy (non-hydrogen) atoms. The topological polar surface area (TPSA) is 19.6 Å². The molecule has 0 bridgehead atoms. The lowest BCUT2D eigenvalue weighted by Gasteiger charge is -2.27. The lowest BCUT2D eigenvalue weighted by atomic mass is 9.98. The minimum atomic E-state index is 0.868. The minimum absolute atomic E-state index is 0.868. The second-order valence-electron chi connectivity index (χ2n) is 16.5. The molecule has 12 rings (SSSR count). The Morgan fingerprint density at radius 3 is 1.12 bits per heavy atom. The van der Waals surface area contributed by atoms with Crippen molar-refractivity contribution >= 4 is 77.6 Å². The van der Waals surface area contributed by atoms with Crippen LogP contribution in [-0.4, -0.2) is 0 Å². The SMILES string of the molecule is c1ccc(-c2ccc(N(c3ccc(-c4ccccc4)cc3)c3ccc(-c4ccc(N(c5ccccc5)c5cc6ccccc6c6c5oc5ccc7ccccc7c56)cc4)cc3)cc2)cc1. The predicted octanol–water partition coefficient (Wildman–Crippen LogP) is 17.8. The molecule has 0 N–H and O–H groups in total. The van der Waals surface area contributed by atoms with Gasteiger partial charge < -0.3 is 14.2 Å². The van der Waals surface area contributed by atoms with Crippen molar-refractivity contribution in [1.82, 2.24) is 0 Å². The number of anilines is 6. The van der Waals surface area contributed by atoms with E-state index in [2.05, 4.69) is 265 Å². The maximum Gasteiger partial charge on any atom is 0.160 e. The largest absolute Gasteiger partial charge is 0.454 e. The second-order valence-corrected chi connectivity index (χ2v) is 16.5. The molecule has 3 heteroatoms. The number of hydrogen-bond donors (Lipinski definition) is 0. The molecule has 0 saturated heterocycles. The third-order valence-electron chi connectivity index (χ3n) is 12.6. The number of hydrogen-bond acceptors (Lipinski definition) is 3. The highest BCUT2D eigenvalue weighted by molar-refractivity contribution is 6.29. The quantitative estimate of drug-likeness (QED) is 0.144. The third kappa shape index (κ3) is 6.97. The summed E-state index contributed by atoms with van der Waals surface area (Å²) in [5.74, 6) is 0. The molecule has 1 aromatic heterocycles. The van der Waals surface area contributed by atoms with Crippen LogP contribution in [0, 0.1) is 0 Å². The van der Waals surface area contributed by atoms with Crippen molar-refractivity contribution in [3.63, 3.8) is 0 Å². The van der Waals surface area contributed by atoms with Gasteiger partial charge in [-0.3, -0.25) is 0 Å². The summed E-state index contributed by atoms with van der Waals surface area (Å²) in [5, 5.41) is 7.02. The Morgan fingerprint density at radius 1 is 0.262 bits per heavy atom. The van der Waals surface area contributed by atoms with E-state index in [1.54, 1.807) is 0 Å². The van der Waals surface area contributed by atoms with E-state index in [4.69, 9.17) is 4.42 Å². The van der Waals surface area contributed by atoms with Gasteiger partial charge >= 0.3 is 0 Å². The van der Waals surface area contributed by atoms with Crippen LogP contribution in [0.25, 0.3) is 76.9 Å².